The summed E-state index contributed by atoms with van der Waals surface area (Å²) in [6.45, 7) is 0.347. The molecule has 1 rings (SSSR count). The first kappa shape index (κ1) is 11.2. The first-order chi connectivity index (χ1) is 7.33. The quantitative estimate of drug-likeness (QED) is 0.693. The Labute approximate surface area is 89.0 Å². The lowest BCUT2D eigenvalue weighted by Gasteiger charge is -2.12. The van der Waals surface area contributed by atoms with Gasteiger partial charge in [-0.05, 0) is 12.1 Å². The summed E-state index contributed by atoms with van der Waals surface area (Å²) >= 11 is 0. The molecule has 0 saturated carbocycles. The minimum atomic E-state index is 0.347. The molecule has 15 heavy (non-hydrogen) atoms. The summed E-state index contributed by atoms with van der Waals surface area (Å²) in [5.41, 5.74) is 0. The molecule has 0 atom stereocenters. The van der Waals surface area contributed by atoms with Gasteiger partial charge in [-0.25, -0.2) is 0 Å². The summed E-state index contributed by atoms with van der Waals surface area (Å²) < 4.78 is 15.7. The van der Waals surface area contributed by atoms with Gasteiger partial charge < -0.3 is 14.2 Å². The molecule has 1 aromatic carbocycles. The summed E-state index contributed by atoms with van der Waals surface area (Å²) in [4.78, 5) is 0. The number of hydrogen-bond donors (Lipinski definition) is 0. The monoisotopic (exact) mass is 207 g/mol. The van der Waals surface area contributed by atoms with Crippen LogP contribution in [0.15, 0.2) is 18.2 Å². The molecular weight excluding hydrogens is 194 g/mol. The van der Waals surface area contributed by atoms with Gasteiger partial charge in [-0.2, -0.15) is 5.26 Å². The molecule has 0 aromatic heterocycles. The van der Waals surface area contributed by atoms with Gasteiger partial charge in [0.05, 0.1) is 26.7 Å². The van der Waals surface area contributed by atoms with E-state index in [1.165, 1.54) is 0 Å². The van der Waals surface area contributed by atoms with E-state index < -0.39 is 0 Å². The van der Waals surface area contributed by atoms with Crippen LogP contribution in [-0.4, -0.2) is 20.8 Å². The highest BCUT2D eigenvalue weighted by atomic mass is 16.5. The predicted molar refractivity (Wildman–Crippen MR) is 55.3 cm³/mol. The Kier molecular flexibility index (Phi) is 4.30. The van der Waals surface area contributed by atoms with Crippen molar-refractivity contribution in [1.29, 1.82) is 5.26 Å². The zero-order valence-electron chi connectivity index (χ0n) is 8.82. The molecule has 0 radical (unpaired) electrons. The van der Waals surface area contributed by atoms with Crippen LogP contribution in [0.4, 0.5) is 0 Å². The normalized spacial score (nSPS) is 9.13. The van der Waals surface area contributed by atoms with E-state index in [1.54, 1.807) is 26.4 Å². The maximum absolute atomic E-state index is 8.39. The number of para-hydroxylation sites is 1. The first-order valence-corrected chi connectivity index (χ1v) is 4.54. The summed E-state index contributed by atoms with van der Waals surface area (Å²) in [6.07, 6.45) is 0.348. The molecule has 0 spiro atoms. The zero-order chi connectivity index (χ0) is 11.1. The van der Waals surface area contributed by atoms with E-state index >= 15 is 0 Å². The number of nitriles is 1. The van der Waals surface area contributed by atoms with Crippen molar-refractivity contribution in [3.63, 3.8) is 0 Å². The van der Waals surface area contributed by atoms with Gasteiger partial charge in [0.2, 0.25) is 5.75 Å². The van der Waals surface area contributed by atoms with Crippen LogP contribution in [0.25, 0.3) is 0 Å². The van der Waals surface area contributed by atoms with Crippen molar-refractivity contribution in [3.05, 3.63) is 18.2 Å². The lowest BCUT2D eigenvalue weighted by molar-refractivity contribution is 0.289. The van der Waals surface area contributed by atoms with E-state index in [2.05, 4.69) is 0 Å². The third kappa shape index (κ3) is 2.78. The molecule has 0 heterocycles. The lowest BCUT2D eigenvalue weighted by Crippen LogP contribution is -1.99. The molecule has 4 heteroatoms. The van der Waals surface area contributed by atoms with Crippen molar-refractivity contribution in [1.82, 2.24) is 0 Å². The van der Waals surface area contributed by atoms with Gasteiger partial charge in [-0.3, -0.25) is 0 Å². The summed E-state index contributed by atoms with van der Waals surface area (Å²) in [7, 11) is 3.12. The largest absolute Gasteiger partial charge is 0.493 e. The number of ether oxygens (including phenoxy) is 3. The molecule has 4 nitrogen and oxygen atoms in total. The number of rotatable bonds is 5. The molecule has 0 bridgehead atoms. The van der Waals surface area contributed by atoms with Gasteiger partial charge in [0.25, 0.3) is 0 Å². The van der Waals surface area contributed by atoms with E-state index in [1.807, 2.05) is 12.1 Å². The fourth-order valence-corrected chi connectivity index (χ4v) is 1.18. The number of nitrogens with zero attached hydrogens (tertiary/aromatic N) is 1. The van der Waals surface area contributed by atoms with Gasteiger partial charge in [0.15, 0.2) is 11.5 Å². The third-order valence-corrected chi connectivity index (χ3v) is 1.84. The molecule has 80 valence electrons. The van der Waals surface area contributed by atoms with Crippen LogP contribution in [-0.2, 0) is 0 Å². The van der Waals surface area contributed by atoms with E-state index in [-0.39, 0.29) is 0 Å². The molecule has 0 amide bonds. The molecule has 0 aliphatic heterocycles. The average Bonchev–Trinajstić information content (AvgIpc) is 2.29. The molecule has 0 saturated heterocycles. The molecule has 0 aliphatic carbocycles. The number of benzene rings is 1. The highest BCUT2D eigenvalue weighted by molar-refractivity contribution is 5.50. The third-order valence-electron chi connectivity index (χ3n) is 1.84. The molecule has 0 N–H and O–H groups in total. The van der Waals surface area contributed by atoms with Gasteiger partial charge in [0.1, 0.15) is 6.61 Å². The van der Waals surface area contributed by atoms with Crippen LogP contribution in [0.1, 0.15) is 6.42 Å². The van der Waals surface area contributed by atoms with E-state index in [4.69, 9.17) is 19.5 Å². The number of methoxy groups -OCH3 is 2. The maximum Gasteiger partial charge on any atom is 0.203 e. The fourth-order valence-electron chi connectivity index (χ4n) is 1.18. The Balaban J connectivity index is 2.82. The zero-order valence-corrected chi connectivity index (χ0v) is 8.82. The van der Waals surface area contributed by atoms with Crippen LogP contribution in [0, 0.1) is 11.3 Å². The van der Waals surface area contributed by atoms with E-state index in [9.17, 15) is 0 Å². The second kappa shape index (κ2) is 5.76. The predicted octanol–water partition coefficient (Wildman–Crippen LogP) is 2.00. The van der Waals surface area contributed by atoms with Gasteiger partial charge >= 0.3 is 0 Å². The Morgan fingerprint density at radius 2 is 1.93 bits per heavy atom. The van der Waals surface area contributed by atoms with Crippen molar-refractivity contribution >= 4 is 0 Å². The lowest BCUT2D eigenvalue weighted by atomic mass is 10.3. The van der Waals surface area contributed by atoms with E-state index in [0.29, 0.717) is 30.3 Å². The van der Waals surface area contributed by atoms with Crippen molar-refractivity contribution < 1.29 is 14.2 Å². The Bertz CT molecular complexity index is 357. The molecule has 1 aromatic rings. The minimum Gasteiger partial charge on any atom is -0.493 e. The highest BCUT2D eigenvalue weighted by Crippen LogP contribution is 2.36. The maximum atomic E-state index is 8.39. The summed E-state index contributed by atoms with van der Waals surface area (Å²) in [5.74, 6) is 1.76. The Hall–Kier alpha value is -1.89. The summed E-state index contributed by atoms with van der Waals surface area (Å²) in [6, 6.07) is 7.38. The molecule has 0 aliphatic rings. The SMILES string of the molecule is COc1cccc(OCCC#N)c1OC. The van der Waals surface area contributed by atoms with Crippen molar-refractivity contribution in [3.8, 4) is 23.3 Å². The first-order valence-electron chi connectivity index (χ1n) is 4.54. The molecule has 0 unspecified atom stereocenters. The van der Waals surface area contributed by atoms with Crippen molar-refractivity contribution in [2.75, 3.05) is 20.8 Å². The second-order valence-electron chi connectivity index (χ2n) is 2.75. The Morgan fingerprint density at radius 1 is 1.20 bits per heavy atom. The van der Waals surface area contributed by atoms with Crippen molar-refractivity contribution in [2.24, 2.45) is 0 Å². The second-order valence-corrected chi connectivity index (χ2v) is 2.75. The van der Waals surface area contributed by atoms with E-state index in [0.717, 1.165) is 0 Å². The van der Waals surface area contributed by atoms with Gasteiger partial charge in [-0.1, -0.05) is 6.07 Å². The molecular formula is C11H13NO3. The standard InChI is InChI=1S/C11H13NO3/c1-13-9-5-3-6-10(11(9)14-2)15-8-4-7-12/h3,5-6H,4,8H2,1-2H3. The summed E-state index contributed by atoms with van der Waals surface area (Å²) in [5, 5.41) is 8.39. The van der Waals surface area contributed by atoms with Crippen LogP contribution < -0.4 is 14.2 Å². The average molecular weight is 207 g/mol. The van der Waals surface area contributed by atoms with Crippen LogP contribution in [0.2, 0.25) is 0 Å². The van der Waals surface area contributed by atoms with Crippen molar-refractivity contribution in [2.45, 2.75) is 6.42 Å². The van der Waals surface area contributed by atoms with Gasteiger partial charge in [0, 0.05) is 0 Å². The molecule has 0 fully saturated rings. The minimum absolute atomic E-state index is 0.347. The number of hydrogen-bond acceptors (Lipinski definition) is 4. The van der Waals surface area contributed by atoms with Crippen LogP contribution in [0.3, 0.4) is 0 Å². The Morgan fingerprint density at radius 3 is 2.53 bits per heavy atom. The fraction of sp³-hybridized carbons (Fsp3) is 0.364. The topological polar surface area (TPSA) is 51.5 Å². The smallest absolute Gasteiger partial charge is 0.203 e. The van der Waals surface area contributed by atoms with Gasteiger partial charge in [-0.15, -0.1) is 0 Å². The van der Waals surface area contributed by atoms with Crippen LogP contribution >= 0.6 is 0 Å². The highest BCUT2D eigenvalue weighted by Gasteiger charge is 2.09. The van der Waals surface area contributed by atoms with Crippen LogP contribution in [0.5, 0.6) is 17.2 Å².